The molecule has 0 radical (unpaired) electrons. The van der Waals surface area contributed by atoms with E-state index in [-0.39, 0.29) is 6.03 Å². The molecule has 1 N–H and O–H groups in total. The highest BCUT2D eigenvalue weighted by molar-refractivity contribution is 6.31. The second-order valence-electron chi connectivity index (χ2n) is 7.39. The van der Waals surface area contributed by atoms with Crippen LogP contribution < -0.4 is 10.2 Å². The molecule has 2 aromatic heterocycles. The lowest BCUT2D eigenvalue weighted by atomic mass is 10.2. The van der Waals surface area contributed by atoms with Gasteiger partial charge in [0.05, 0.1) is 5.69 Å². The number of hydrogen-bond donors (Lipinski definition) is 1. The van der Waals surface area contributed by atoms with Gasteiger partial charge in [-0.2, -0.15) is 0 Å². The molecule has 1 aliphatic rings. The van der Waals surface area contributed by atoms with Crippen LogP contribution >= 0.6 is 11.6 Å². The summed E-state index contributed by atoms with van der Waals surface area (Å²) in [5.74, 6) is 1.63. The number of hydrogen-bond acceptors (Lipinski definition) is 5. The van der Waals surface area contributed by atoms with Gasteiger partial charge in [-0.3, -0.25) is 4.57 Å². The number of amides is 2. The van der Waals surface area contributed by atoms with Gasteiger partial charge in [0.25, 0.3) is 0 Å². The first-order chi connectivity index (χ1) is 14.4. The molecule has 0 unspecified atom stereocenters. The molecule has 1 aliphatic heterocycles. The minimum Gasteiger partial charge on any atom is -0.353 e. The highest BCUT2D eigenvalue weighted by Gasteiger charge is 2.22. The first-order valence-corrected chi connectivity index (χ1v) is 10.2. The Kier molecular flexibility index (Phi) is 5.59. The van der Waals surface area contributed by atoms with Crippen molar-refractivity contribution in [3.8, 4) is 5.82 Å². The smallest absolute Gasteiger partial charge is 0.321 e. The largest absolute Gasteiger partial charge is 0.353 e. The van der Waals surface area contributed by atoms with Crippen LogP contribution in [0.2, 0.25) is 5.02 Å². The molecule has 30 heavy (non-hydrogen) atoms. The summed E-state index contributed by atoms with van der Waals surface area (Å²) in [5.41, 5.74) is 3.71. The van der Waals surface area contributed by atoms with E-state index in [4.69, 9.17) is 11.6 Å². The number of nitrogens with zero attached hydrogens (tertiary/aromatic N) is 6. The molecule has 0 spiro atoms. The van der Waals surface area contributed by atoms with Crippen molar-refractivity contribution in [3.63, 3.8) is 0 Å². The van der Waals surface area contributed by atoms with Gasteiger partial charge in [-0.05, 0) is 38.5 Å². The number of carbonyl (C=O) groups is 1. The average Bonchev–Trinajstić information content (AvgIpc) is 3.09. The fourth-order valence-corrected chi connectivity index (χ4v) is 3.56. The Morgan fingerprint density at radius 3 is 2.40 bits per heavy atom. The van der Waals surface area contributed by atoms with Crippen molar-refractivity contribution in [1.82, 2.24) is 24.4 Å². The van der Waals surface area contributed by atoms with E-state index in [9.17, 15) is 4.79 Å². The van der Waals surface area contributed by atoms with Crippen LogP contribution in [0.3, 0.4) is 0 Å². The fourth-order valence-electron chi connectivity index (χ4n) is 3.38. The quantitative estimate of drug-likeness (QED) is 0.693. The summed E-state index contributed by atoms with van der Waals surface area (Å²) in [7, 11) is 0. The third kappa shape index (κ3) is 4.09. The third-order valence-electron chi connectivity index (χ3n) is 5.45. The number of aromatic nitrogens is 4. The van der Waals surface area contributed by atoms with Crippen LogP contribution in [0, 0.1) is 20.8 Å². The molecule has 1 aromatic carbocycles. The lowest BCUT2D eigenvalue weighted by molar-refractivity contribution is 0.208. The van der Waals surface area contributed by atoms with Gasteiger partial charge in [-0.25, -0.2) is 19.7 Å². The van der Waals surface area contributed by atoms with Crippen molar-refractivity contribution in [2.24, 2.45) is 0 Å². The number of imidazole rings is 1. The molecule has 0 atom stereocenters. The molecule has 156 valence electrons. The number of nitrogens with one attached hydrogen (secondary N) is 1. The van der Waals surface area contributed by atoms with E-state index < -0.39 is 0 Å². The molecule has 3 aromatic rings. The first-order valence-electron chi connectivity index (χ1n) is 9.82. The van der Waals surface area contributed by atoms with Crippen LogP contribution in [0.25, 0.3) is 5.82 Å². The summed E-state index contributed by atoms with van der Waals surface area (Å²) >= 11 is 6.15. The molecule has 3 heterocycles. The van der Waals surface area contributed by atoms with Gasteiger partial charge >= 0.3 is 6.03 Å². The summed E-state index contributed by atoms with van der Waals surface area (Å²) in [4.78, 5) is 29.7. The Balaban J connectivity index is 1.39. The zero-order valence-corrected chi connectivity index (χ0v) is 18.0. The molecule has 1 fully saturated rings. The first kappa shape index (κ1) is 20.2. The van der Waals surface area contributed by atoms with Crippen molar-refractivity contribution in [1.29, 1.82) is 0 Å². The minimum absolute atomic E-state index is 0.123. The predicted molar refractivity (Wildman–Crippen MR) is 118 cm³/mol. The maximum absolute atomic E-state index is 12.6. The molecule has 0 aliphatic carbocycles. The van der Waals surface area contributed by atoms with Gasteiger partial charge < -0.3 is 15.1 Å². The highest BCUT2D eigenvalue weighted by Crippen LogP contribution is 2.21. The van der Waals surface area contributed by atoms with Gasteiger partial charge in [0.15, 0.2) is 0 Å². The second kappa shape index (κ2) is 8.31. The minimum atomic E-state index is -0.123. The fraction of sp³-hybridized carbons (Fsp3) is 0.333. The Labute approximate surface area is 180 Å². The average molecular weight is 426 g/mol. The van der Waals surface area contributed by atoms with Gasteiger partial charge in [0, 0.05) is 48.6 Å². The number of benzene rings is 1. The van der Waals surface area contributed by atoms with E-state index >= 15 is 0 Å². The molecule has 4 rings (SSSR count). The van der Waals surface area contributed by atoms with Gasteiger partial charge in [-0.15, -0.1) is 0 Å². The molecule has 8 nitrogen and oxygen atoms in total. The molecular formula is C21H24ClN7O. The summed E-state index contributed by atoms with van der Waals surface area (Å²) in [6, 6.07) is 7.36. The van der Waals surface area contributed by atoms with Crippen molar-refractivity contribution in [2.75, 3.05) is 36.4 Å². The zero-order valence-electron chi connectivity index (χ0n) is 17.3. The maximum atomic E-state index is 12.6. The lowest BCUT2D eigenvalue weighted by Crippen LogP contribution is -2.50. The topological polar surface area (TPSA) is 79.2 Å². The van der Waals surface area contributed by atoms with Crippen molar-refractivity contribution in [3.05, 3.63) is 58.9 Å². The van der Waals surface area contributed by atoms with E-state index in [1.807, 2.05) is 43.5 Å². The summed E-state index contributed by atoms with van der Waals surface area (Å²) in [5, 5.41) is 3.56. The van der Waals surface area contributed by atoms with Crippen LogP contribution in [-0.4, -0.2) is 56.6 Å². The Morgan fingerprint density at radius 2 is 1.73 bits per heavy atom. The molecule has 9 heteroatoms. The molecule has 0 bridgehead atoms. The van der Waals surface area contributed by atoms with Crippen LogP contribution in [0.1, 0.15) is 17.0 Å². The number of anilines is 2. The van der Waals surface area contributed by atoms with Crippen molar-refractivity contribution in [2.45, 2.75) is 20.8 Å². The van der Waals surface area contributed by atoms with Crippen LogP contribution in [0.4, 0.5) is 16.3 Å². The number of urea groups is 1. The third-order valence-corrected chi connectivity index (χ3v) is 5.86. The zero-order chi connectivity index (χ0) is 21.3. The highest BCUT2D eigenvalue weighted by atomic mass is 35.5. The van der Waals surface area contributed by atoms with Gasteiger partial charge in [0.2, 0.25) is 0 Å². The SMILES string of the molecule is Cc1ccc(NC(=O)N2CCN(c3cc(-n4cnc(C)c4C)ncn3)CC2)cc1Cl. The Morgan fingerprint density at radius 1 is 1.00 bits per heavy atom. The van der Waals surface area contributed by atoms with Crippen LogP contribution in [-0.2, 0) is 0 Å². The molecule has 0 saturated carbocycles. The van der Waals surface area contributed by atoms with E-state index in [1.54, 1.807) is 23.6 Å². The number of rotatable bonds is 3. The summed E-state index contributed by atoms with van der Waals surface area (Å²) in [6.07, 6.45) is 3.34. The van der Waals surface area contributed by atoms with Crippen molar-refractivity contribution >= 4 is 29.1 Å². The van der Waals surface area contributed by atoms with Crippen LogP contribution in [0.15, 0.2) is 36.9 Å². The molecule has 1 saturated heterocycles. The van der Waals surface area contributed by atoms with E-state index in [0.29, 0.717) is 36.9 Å². The Hall–Kier alpha value is -3.13. The lowest BCUT2D eigenvalue weighted by Gasteiger charge is -2.35. The maximum Gasteiger partial charge on any atom is 0.321 e. The molecular weight excluding hydrogens is 402 g/mol. The number of piperazine rings is 1. The van der Waals surface area contributed by atoms with E-state index in [1.165, 1.54) is 0 Å². The standard InChI is InChI=1S/C21H24ClN7O/c1-14-4-5-17(10-18(14)22)26-21(30)28-8-6-27(7-9-28)19-11-20(24-12-23-19)29-13-25-15(2)16(29)3/h4-5,10-13H,6-9H2,1-3H3,(H,26,30). The summed E-state index contributed by atoms with van der Waals surface area (Å²) < 4.78 is 1.96. The van der Waals surface area contributed by atoms with Crippen molar-refractivity contribution < 1.29 is 4.79 Å². The number of aryl methyl sites for hydroxylation is 2. The molecule has 2 amide bonds. The van der Waals surface area contributed by atoms with E-state index in [2.05, 4.69) is 25.2 Å². The number of halogens is 1. The Bertz CT molecular complexity index is 1070. The summed E-state index contributed by atoms with van der Waals surface area (Å²) in [6.45, 7) is 8.52. The second-order valence-corrected chi connectivity index (χ2v) is 7.80. The van der Waals surface area contributed by atoms with E-state index in [0.717, 1.165) is 28.6 Å². The predicted octanol–water partition coefficient (Wildman–Crippen LogP) is 3.60. The number of carbonyl (C=O) groups excluding carboxylic acids is 1. The normalized spacial score (nSPS) is 14.1. The monoisotopic (exact) mass is 425 g/mol. The van der Waals surface area contributed by atoms with Gasteiger partial charge in [-0.1, -0.05) is 17.7 Å². The van der Waals surface area contributed by atoms with Crippen LogP contribution in [0.5, 0.6) is 0 Å². The van der Waals surface area contributed by atoms with Gasteiger partial charge in [0.1, 0.15) is 24.3 Å².